The summed E-state index contributed by atoms with van der Waals surface area (Å²) < 4.78 is 7.19. The van der Waals surface area contributed by atoms with Crippen LogP contribution in [0.3, 0.4) is 0 Å². The minimum atomic E-state index is -0.443. The van der Waals surface area contributed by atoms with Crippen LogP contribution in [-0.4, -0.2) is 40.6 Å². The number of aryl methyl sites for hydroxylation is 1. The fourth-order valence-electron chi connectivity index (χ4n) is 2.59. The first-order valence-corrected chi connectivity index (χ1v) is 7.46. The molecule has 0 fully saturated rings. The number of nitrogens with one attached hydrogen (secondary N) is 1. The molecule has 9 heteroatoms. The van der Waals surface area contributed by atoms with Crippen LogP contribution in [0.2, 0.25) is 0 Å². The summed E-state index contributed by atoms with van der Waals surface area (Å²) in [6.07, 6.45) is 6.10. The number of fused-ring (bicyclic) bond motifs is 1. The molecule has 0 radical (unpaired) electrons. The lowest BCUT2D eigenvalue weighted by molar-refractivity contribution is -0.384. The maximum Gasteiger partial charge on any atom is 0.296 e. The number of carbonyl (C=O) groups is 1. The van der Waals surface area contributed by atoms with Gasteiger partial charge < -0.3 is 19.5 Å². The number of amides is 1. The van der Waals surface area contributed by atoms with E-state index in [-0.39, 0.29) is 18.2 Å². The van der Waals surface area contributed by atoms with Crippen molar-refractivity contribution in [1.29, 1.82) is 0 Å². The van der Waals surface area contributed by atoms with Crippen LogP contribution in [-0.2, 0) is 11.3 Å². The summed E-state index contributed by atoms with van der Waals surface area (Å²) in [6, 6.07) is 2.94. The van der Waals surface area contributed by atoms with Gasteiger partial charge in [-0.05, 0) is 12.5 Å². The van der Waals surface area contributed by atoms with Crippen LogP contribution in [0.4, 0.5) is 17.1 Å². The van der Waals surface area contributed by atoms with Gasteiger partial charge in [0.25, 0.3) is 11.6 Å². The number of nitrogens with zero attached hydrogens (tertiary/aromatic N) is 4. The Bertz CT molecular complexity index is 759. The molecule has 2 heterocycles. The number of anilines is 2. The summed E-state index contributed by atoms with van der Waals surface area (Å²) in [6.45, 7) is 1.25. The lowest BCUT2D eigenvalue weighted by atomic mass is 10.2. The van der Waals surface area contributed by atoms with Crippen molar-refractivity contribution in [2.45, 2.75) is 13.0 Å². The average Bonchev–Trinajstić information content (AvgIpc) is 3.06. The first kappa shape index (κ1) is 15.8. The fraction of sp³-hybridized carbons (Fsp3) is 0.333. The third-order valence-electron chi connectivity index (χ3n) is 3.79. The molecule has 1 aromatic heterocycles. The predicted molar refractivity (Wildman–Crippen MR) is 87.3 cm³/mol. The van der Waals surface area contributed by atoms with Gasteiger partial charge in [0, 0.05) is 32.5 Å². The Morgan fingerprint density at radius 1 is 1.50 bits per heavy atom. The molecule has 0 bridgehead atoms. The Kier molecular flexibility index (Phi) is 4.32. The topological polar surface area (TPSA) is 103 Å². The van der Waals surface area contributed by atoms with Gasteiger partial charge in [-0.3, -0.25) is 14.9 Å². The number of benzene rings is 1. The summed E-state index contributed by atoms with van der Waals surface area (Å²) in [5.74, 6) is 0.0435. The van der Waals surface area contributed by atoms with Gasteiger partial charge in [-0.25, -0.2) is 4.98 Å². The van der Waals surface area contributed by atoms with E-state index in [1.165, 1.54) is 6.07 Å². The summed E-state index contributed by atoms with van der Waals surface area (Å²) in [5, 5.41) is 14.0. The van der Waals surface area contributed by atoms with E-state index in [0.29, 0.717) is 23.7 Å². The van der Waals surface area contributed by atoms with Crippen LogP contribution < -0.4 is 15.0 Å². The second kappa shape index (κ2) is 6.57. The van der Waals surface area contributed by atoms with Crippen LogP contribution in [0, 0.1) is 10.1 Å². The van der Waals surface area contributed by atoms with E-state index in [1.807, 2.05) is 10.8 Å². The number of hydrogen-bond donors (Lipinski definition) is 1. The highest BCUT2D eigenvalue weighted by Gasteiger charge is 2.25. The molecule has 0 spiro atoms. The minimum Gasteiger partial charge on any atom is -0.481 e. The molecule has 0 saturated heterocycles. The van der Waals surface area contributed by atoms with Gasteiger partial charge in [-0.15, -0.1) is 0 Å². The summed E-state index contributed by atoms with van der Waals surface area (Å²) in [5.41, 5.74) is 0.846. The number of hydrogen-bond acceptors (Lipinski definition) is 6. The van der Waals surface area contributed by atoms with Crippen LogP contribution in [0.15, 0.2) is 30.9 Å². The van der Waals surface area contributed by atoms with E-state index in [1.54, 1.807) is 30.5 Å². The van der Waals surface area contributed by atoms with Crippen molar-refractivity contribution in [3.63, 3.8) is 0 Å². The smallest absolute Gasteiger partial charge is 0.296 e. The molecule has 9 nitrogen and oxygen atoms in total. The van der Waals surface area contributed by atoms with Crippen molar-refractivity contribution >= 4 is 23.0 Å². The highest BCUT2D eigenvalue weighted by Crippen LogP contribution is 2.39. The zero-order chi connectivity index (χ0) is 17.1. The summed E-state index contributed by atoms with van der Waals surface area (Å²) >= 11 is 0. The van der Waals surface area contributed by atoms with Gasteiger partial charge in [0.15, 0.2) is 12.4 Å². The number of rotatable bonds is 6. The van der Waals surface area contributed by atoms with E-state index in [0.717, 1.165) is 13.0 Å². The monoisotopic (exact) mass is 331 g/mol. The maximum absolute atomic E-state index is 11.4. The predicted octanol–water partition coefficient (Wildman–Crippen LogP) is 1.65. The molecule has 1 aromatic carbocycles. The molecule has 0 saturated carbocycles. The van der Waals surface area contributed by atoms with E-state index >= 15 is 0 Å². The highest BCUT2D eigenvalue weighted by molar-refractivity contribution is 5.96. The van der Waals surface area contributed by atoms with Gasteiger partial charge >= 0.3 is 0 Å². The second-order valence-corrected chi connectivity index (χ2v) is 5.51. The summed E-state index contributed by atoms with van der Waals surface area (Å²) in [7, 11) is 1.79. The lowest BCUT2D eigenvalue weighted by Gasteiger charge is -2.23. The third kappa shape index (κ3) is 3.29. The van der Waals surface area contributed by atoms with Crippen molar-refractivity contribution in [2.75, 3.05) is 30.4 Å². The standard InChI is InChI=1S/C15H17N5O4/c1-18(4-2-5-19-6-3-16-10-19)12-7-11-14(8-13(12)20(22)23)24-9-15(21)17-11/h3,6-8,10H,2,4-5,9H2,1H3,(H,17,21). The van der Waals surface area contributed by atoms with Gasteiger partial charge in [0.2, 0.25) is 0 Å². The van der Waals surface area contributed by atoms with Crippen molar-refractivity contribution < 1.29 is 14.5 Å². The zero-order valence-electron chi connectivity index (χ0n) is 13.1. The lowest BCUT2D eigenvalue weighted by Crippen LogP contribution is -2.26. The molecule has 0 atom stereocenters. The Balaban J connectivity index is 1.78. The first-order valence-electron chi connectivity index (χ1n) is 7.46. The van der Waals surface area contributed by atoms with E-state index in [4.69, 9.17) is 4.74 Å². The van der Waals surface area contributed by atoms with E-state index in [2.05, 4.69) is 10.3 Å². The molecule has 0 unspecified atom stereocenters. The molecule has 2 aromatic rings. The first-order chi connectivity index (χ1) is 11.5. The Morgan fingerprint density at radius 3 is 3.04 bits per heavy atom. The molecule has 0 aliphatic carbocycles. The van der Waals surface area contributed by atoms with Gasteiger partial charge in [0.05, 0.1) is 23.0 Å². The summed E-state index contributed by atoms with van der Waals surface area (Å²) in [4.78, 5) is 28.1. The zero-order valence-corrected chi connectivity index (χ0v) is 13.1. The number of nitro groups is 1. The van der Waals surface area contributed by atoms with Gasteiger partial charge in [0.1, 0.15) is 5.69 Å². The molecule has 126 valence electrons. The minimum absolute atomic E-state index is 0.0463. The van der Waals surface area contributed by atoms with Crippen LogP contribution in [0.5, 0.6) is 5.75 Å². The fourth-order valence-corrected chi connectivity index (χ4v) is 2.59. The third-order valence-corrected chi connectivity index (χ3v) is 3.79. The van der Waals surface area contributed by atoms with Crippen LogP contribution in [0.25, 0.3) is 0 Å². The second-order valence-electron chi connectivity index (χ2n) is 5.51. The highest BCUT2D eigenvalue weighted by atomic mass is 16.6. The molecule has 1 aliphatic heterocycles. The average molecular weight is 331 g/mol. The molecular formula is C15H17N5O4. The van der Waals surface area contributed by atoms with Crippen molar-refractivity contribution in [2.24, 2.45) is 0 Å². The molecule has 24 heavy (non-hydrogen) atoms. The molecule has 1 N–H and O–H groups in total. The van der Waals surface area contributed by atoms with E-state index in [9.17, 15) is 14.9 Å². The quantitative estimate of drug-likeness (QED) is 0.638. The van der Waals surface area contributed by atoms with Crippen LogP contribution in [0.1, 0.15) is 6.42 Å². The van der Waals surface area contributed by atoms with Gasteiger partial charge in [-0.2, -0.15) is 0 Å². The number of ether oxygens (including phenoxy) is 1. The Morgan fingerprint density at radius 2 is 2.33 bits per heavy atom. The van der Waals surface area contributed by atoms with Crippen molar-refractivity contribution in [3.8, 4) is 5.75 Å². The Hall–Kier alpha value is -3.10. The number of nitro benzene ring substituents is 1. The molecule has 1 aliphatic rings. The Labute approximate surface area is 138 Å². The number of aromatic nitrogens is 2. The normalized spacial score (nSPS) is 13.0. The van der Waals surface area contributed by atoms with Gasteiger partial charge in [-0.1, -0.05) is 0 Å². The van der Waals surface area contributed by atoms with Crippen molar-refractivity contribution in [3.05, 3.63) is 41.0 Å². The molecular weight excluding hydrogens is 314 g/mol. The number of imidazole rings is 1. The number of carbonyl (C=O) groups excluding carboxylic acids is 1. The maximum atomic E-state index is 11.4. The SMILES string of the molecule is CN(CCCn1ccnc1)c1cc2c(cc1[N+](=O)[O-])OCC(=O)N2. The van der Waals surface area contributed by atoms with Crippen molar-refractivity contribution in [1.82, 2.24) is 9.55 Å². The van der Waals surface area contributed by atoms with E-state index < -0.39 is 4.92 Å². The molecule has 1 amide bonds. The van der Waals surface area contributed by atoms with Crippen LogP contribution >= 0.6 is 0 Å². The molecule has 3 rings (SSSR count). The largest absolute Gasteiger partial charge is 0.481 e.